The van der Waals surface area contributed by atoms with Gasteiger partial charge in [-0.25, -0.2) is 0 Å². The van der Waals surface area contributed by atoms with E-state index in [0.29, 0.717) is 11.7 Å². The molecule has 0 saturated heterocycles. The first-order chi connectivity index (χ1) is 11.1. The highest BCUT2D eigenvalue weighted by Crippen LogP contribution is 2.38. The first kappa shape index (κ1) is 16.9. The van der Waals surface area contributed by atoms with Crippen LogP contribution in [0.2, 0.25) is 0 Å². The molecule has 1 aromatic carbocycles. The molecule has 2 atom stereocenters. The van der Waals surface area contributed by atoms with Crippen molar-refractivity contribution < 1.29 is 5.11 Å². The van der Waals surface area contributed by atoms with Gasteiger partial charge >= 0.3 is 0 Å². The molecule has 0 aliphatic heterocycles. The Hall–Kier alpha value is -1.98. The van der Waals surface area contributed by atoms with Crippen LogP contribution in [-0.4, -0.2) is 19.9 Å². The highest BCUT2D eigenvalue weighted by atomic mass is 35.5. The fourth-order valence-corrected chi connectivity index (χ4v) is 3.83. The number of nitrogens with zero attached hydrogens (tertiary/aromatic N) is 2. The zero-order chi connectivity index (χ0) is 16.0. The topological polar surface area (TPSA) is 79.9 Å². The van der Waals surface area contributed by atoms with Crippen molar-refractivity contribution in [3.8, 4) is 5.75 Å². The van der Waals surface area contributed by atoms with E-state index in [1.54, 1.807) is 6.07 Å². The van der Waals surface area contributed by atoms with Crippen LogP contribution >= 0.6 is 12.4 Å². The molecule has 3 aromatic rings. The molecule has 128 valence electrons. The van der Waals surface area contributed by atoms with Gasteiger partial charge in [-0.1, -0.05) is 0 Å². The number of H-pyrrole nitrogens is 1. The Morgan fingerprint density at radius 3 is 3.00 bits per heavy atom. The molecule has 0 spiro atoms. The predicted octanol–water partition coefficient (Wildman–Crippen LogP) is 3.22. The summed E-state index contributed by atoms with van der Waals surface area (Å²) in [6.07, 6.45) is 8.20. The summed E-state index contributed by atoms with van der Waals surface area (Å²) in [5.74, 6) is 0.879. The third kappa shape index (κ3) is 3.01. The lowest BCUT2D eigenvalue weighted by Gasteiger charge is -2.27. The molecule has 2 heterocycles. The Kier molecular flexibility index (Phi) is 4.56. The van der Waals surface area contributed by atoms with Crippen LogP contribution in [0.1, 0.15) is 35.7 Å². The maximum Gasteiger partial charge on any atom is 0.116 e. The second-order valence-corrected chi connectivity index (χ2v) is 6.72. The summed E-state index contributed by atoms with van der Waals surface area (Å²) in [5, 5.41) is 15.1. The van der Waals surface area contributed by atoms with Crippen LogP contribution in [0.15, 0.2) is 30.6 Å². The van der Waals surface area contributed by atoms with Gasteiger partial charge in [-0.3, -0.25) is 4.68 Å². The number of nitrogens with one attached hydrogen (secondary N) is 1. The number of benzene rings is 1. The number of aromatic nitrogens is 3. The Morgan fingerprint density at radius 1 is 1.42 bits per heavy atom. The van der Waals surface area contributed by atoms with Crippen molar-refractivity contribution >= 4 is 23.3 Å². The molecule has 1 aliphatic carbocycles. The van der Waals surface area contributed by atoms with Gasteiger partial charge in [0.05, 0.1) is 6.20 Å². The molecule has 2 unspecified atom stereocenters. The third-order valence-electron chi connectivity index (χ3n) is 4.97. The summed E-state index contributed by atoms with van der Waals surface area (Å²) < 4.78 is 1.85. The molecular formula is C18H23ClN4O. The highest BCUT2D eigenvalue weighted by molar-refractivity contribution is 5.86. The van der Waals surface area contributed by atoms with E-state index < -0.39 is 0 Å². The average molecular weight is 347 g/mol. The predicted molar refractivity (Wildman–Crippen MR) is 97.5 cm³/mol. The van der Waals surface area contributed by atoms with Gasteiger partial charge in [-0.05, 0) is 60.9 Å². The number of aromatic amines is 1. The van der Waals surface area contributed by atoms with Gasteiger partial charge in [0.1, 0.15) is 5.75 Å². The van der Waals surface area contributed by atoms with Gasteiger partial charge in [0.15, 0.2) is 0 Å². The monoisotopic (exact) mass is 346 g/mol. The number of aryl methyl sites for hydroxylation is 2. The molecule has 4 N–H and O–H groups in total. The van der Waals surface area contributed by atoms with Crippen molar-refractivity contribution in [2.24, 2.45) is 18.7 Å². The quantitative estimate of drug-likeness (QED) is 0.681. The van der Waals surface area contributed by atoms with Crippen molar-refractivity contribution in [2.75, 3.05) is 0 Å². The molecule has 2 aromatic heterocycles. The van der Waals surface area contributed by atoms with E-state index in [2.05, 4.69) is 16.3 Å². The maximum absolute atomic E-state index is 9.78. The van der Waals surface area contributed by atoms with Crippen LogP contribution in [0, 0.1) is 5.92 Å². The standard InChI is InChI=1S/C18H22N4O.ClH/c1-22-10-12(9-20-22)3-2-11-6-15-14-8-13(23)4-5-17(14)21-18(15)16(19)7-11;/h4-5,8-11,16,21,23H,2-3,6-7,19H2,1H3;1H. The van der Waals surface area contributed by atoms with E-state index in [0.717, 1.165) is 42.3 Å². The van der Waals surface area contributed by atoms with Gasteiger partial charge in [0.25, 0.3) is 0 Å². The molecule has 0 amide bonds. The number of hydrogen-bond acceptors (Lipinski definition) is 3. The fraction of sp³-hybridized carbons (Fsp3) is 0.389. The second-order valence-electron chi connectivity index (χ2n) is 6.72. The molecular weight excluding hydrogens is 324 g/mol. The first-order valence-corrected chi connectivity index (χ1v) is 8.16. The molecule has 4 rings (SSSR count). The van der Waals surface area contributed by atoms with Crippen molar-refractivity contribution in [3.63, 3.8) is 0 Å². The van der Waals surface area contributed by atoms with Crippen LogP contribution < -0.4 is 5.73 Å². The number of nitrogens with two attached hydrogens (primary N) is 1. The Balaban J connectivity index is 0.00000169. The van der Waals surface area contributed by atoms with Crippen LogP contribution in [0.4, 0.5) is 0 Å². The van der Waals surface area contributed by atoms with E-state index in [9.17, 15) is 5.11 Å². The molecule has 0 saturated carbocycles. The van der Waals surface area contributed by atoms with Crippen molar-refractivity contribution in [2.45, 2.75) is 31.7 Å². The van der Waals surface area contributed by atoms with Gasteiger partial charge in [0.2, 0.25) is 0 Å². The number of halogens is 1. The number of phenolic OH excluding ortho intramolecular Hbond substituents is 1. The number of rotatable bonds is 3. The molecule has 5 nitrogen and oxygen atoms in total. The number of phenols is 1. The smallest absolute Gasteiger partial charge is 0.116 e. The number of hydrogen-bond donors (Lipinski definition) is 3. The van der Waals surface area contributed by atoms with E-state index in [1.807, 2.05) is 30.1 Å². The lowest BCUT2D eigenvalue weighted by atomic mass is 9.81. The summed E-state index contributed by atoms with van der Waals surface area (Å²) in [7, 11) is 1.95. The van der Waals surface area contributed by atoms with E-state index in [4.69, 9.17) is 5.73 Å². The van der Waals surface area contributed by atoms with Crippen LogP contribution in [-0.2, 0) is 19.9 Å². The van der Waals surface area contributed by atoms with E-state index in [1.165, 1.54) is 11.1 Å². The van der Waals surface area contributed by atoms with Crippen molar-refractivity contribution in [3.05, 3.63) is 47.4 Å². The zero-order valence-corrected chi connectivity index (χ0v) is 14.5. The Bertz CT molecular complexity index is 854. The van der Waals surface area contributed by atoms with Gasteiger partial charge in [0, 0.05) is 35.9 Å². The van der Waals surface area contributed by atoms with E-state index in [-0.39, 0.29) is 18.4 Å². The van der Waals surface area contributed by atoms with Crippen LogP contribution in [0.25, 0.3) is 10.9 Å². The Morgan fingerprint density at radius 2 is 2.25 bits per heavy atom. The minimum atomic E-state index is 0. The largest absolute Gasteiger partial charge is 0.508 e. The van der Waals surface area contributed by atoms with Gasteiger partial charge in [-0.15, -0.1) is 12.4 Å². The summed E-state index contributed by atoms with van der Waals surface area (Å²) in [6, 6.07) is 5.55. The minimum Gasteiger partial charge on any atom is -0.508 e. The lowest BCUT2D eigenvalue weighted by Crippen LogP contribution is -2.24. The summed E-state index contributed by atoms with van der Waals surface area (Å²) in [6.45, 7) is 0. The van der Waals surface area contributed by atoms with Crippen LogP contribution in [0.3, 0.4) is 0 Å². The third-order valence-corrected chi connectivity index (χ3v) is 4.97. The number of fused-ring (bicyclic) bond motifs is 3. The average Bonchev–Trinajstić information content (AvgIpc) is 3.09. The SMILES string of the molecule is Cl.Cn1cc(CCC2Cc3c([nH]c4ccc(O)cc34)C(N)C2)cn1. The lowest BCUT2D eigenvalue weighted by molar-refractivity contribution is 0.382. The van der Waals surface area contributed by atoms with Gasteiger partial charge in [-0.2, -0.15) is 5.10 Å². The molecule has 6 heteroatoms. The van der Waals surface area contributed by atoms with Crippen LogP contribution in [0.5, 0.6) is 5.75 Å². The maximum atomic E-state index is 9.78. The summed E-state index contributed by atoms with van der Waals surface area (Å²) in [4.78, 5) is 3.44. The second kappa shape index (κ2) is 6.49. The molecule has 0 radical (unpaired) electrons. The van der Waals surface area contributed by atoms with Gasteiger partial charge < -0.3 is 15.8 Å². The molecule has 24 heavy (non-hydrogen) atoms. The summed E-state index contributed by atoms with van der Waals surface area (Å²) in [5.41, 5.74) is 11.2. The molecule has 0 bridgehead atoms. The van der Waals surface area contributed by atoms with E-state index >= 15 is 0 Å². The zero-order valence-electron chi connectivity index (χ0n) is 13.7. The van der Waals surface area contributed by atoms with Crippen molar-refractivity contribution in [1.82, 2.24) is 14.8 Å². The molecule has 1 aliphatic rings. The normalized spacial score (nSPS) is 19.9. The number of aromatic hydroxyl groups is 1. The fourth-order valence-electron chi connectivity index (χ4n) is 3.83. The summed E-state index contributed by atoms with van der Waals surface area (Å²) >= 11 is 0. The Labute approximate surface area is 147 Å². The molecule has 0 fully saturated rings. The highest BCUT2D eigenvalue weighted by Gasteiger charge is 2.27. The van der Waals surface area contributed by atoms with Crippen molar-refractivity contribution in [1.29, 1.82) is 0 Å². The first-order valence-electron chi connectivity index (χ1n) is 8.16. The minimum absolute atomic E-state index is 0.